The monoisotopic (exact) mass is 375 g/mol. The van der Waals surface area contributed by atoms with E-state index in [2.05, 4.69) is 29.8 Å². The minimum absolute atomic E-state index is 0.327. The van der Waals surface area contributed by atoms with E-state index in [0.717, 1.165) is 13.0 Å². The highest BCUT2D eigenvalue weighted by atomic mass is 16.6. The number of aromatic nitrogens is 1. The van der Waals surface area contributed by atoms with Crippen LogP contribution in [0.15, 0.2) is 18.3 Å². The molecule has 1 amide bonds. The predicted octanol–water partition coefficient (Wildman–Crippen LogP) is 5.56. The summed E-state index contributed by atoms with van der Waals surface area (Å²) in [5.41, 5.74) is 0.750. The minimum Gasteiger partial charge on any atom is -0.443 e. The molecule has 0 radical (unpaired) electrons. The van der Waals surface area contributed by atoms with Crippen molar-refractivity contribution in [1.29, 1.82) is 0 Å². The maximum absolute atomic E-state index is 12.6. The topological polar surface area (TPSA) is 45.7 Å². The van der Waals surface area contributed by atoms with Crippen molar-refractivity contribution in [2.75, 3.05) is 24.5 Å². The van der Waals surface area contributed by atoms with Gasteiger partial charge in [-0.15, -0.1) is 0 Å². The van der Waals surface area contributed by atoms with Crippen molar-refractivity contribution in [1.82, 2.24) is 9.88 Å². The van der Waals surface area contributed by atoms with Gasteiger partial charge >= 0.3 is 6.09 Å². The highest BCUT2D eigenvalue weighted by Crippen LogP contribution is 2.31. The standard InChI is InChI=1S/C22H37N3O2/c1-6-8-15-24-16-10-9-11-19(24)18-12-13-20(23-17-18)25(14-7-2)21(26)27-22(3,4)5/h12-13,17,19H,6-11,14-16H2,1-5H3/t19-/m1/s1. The van der Waals surface area contributed by atoms with E-state index in [-0.39, 0.29) is 6.09 Å². The van der Waals surface area contributed by atoms with Crippen LogP contribution in [0.5, 0.6) is 0 Å². The van der Waals surface area contributed by atoms with E-state index in [1.54, 1.807) is 4.90 Å². The number of pyridine rings is 1. The van der Waals surface area contributed by atoms with Gasteiger partial charge in [-0.3, -0.25) is 9.80 Å². The van der Waals surface area contributed by atoms with Crippen LogP contribution in [-0.4, -0.2) is 41.2 Å². The van der Waals surface area contributed by atoms with Crippen LogP contribution in [0.25, 0.3) is 0 Å². The number of anilines is 1. The summed E-state index contributed by atoms with van der Waals surface area (Å²) >= 11 is 0. The maximum atomic E-state index is 12.6. The first-order valence-electron chi connectivity index (χ1n) is 10.6. The number of hydrogen-bond donors (Lipinski definition) is 0. The Bertz CT molecular complexity index is 580. The van der Waals surface area contributed by atoms with E-state index in [9.17, 15) is 4.79 Å². The quantitative estimate of drug-likeness (QED) is 0.626. The lowest BCUT2D eigenvalue weighted by Gasteiger charge is -2.36. The van der Waals surface area contributed by atoms with Gasteiger partial charge in [0.25, 0.3) is 0 Å². The number of hydrogen-bond acceptors (Lipinski definition) is 4. The molecule has 1 saturated heterocycles. The third-order valence-electron chi connectivity index (χ3n) is 4.91. The molecule has 1 aromatic rings. The first-order chi connectivity index (χ1) is 12.9. The number of nitrogens with zero attached hydrogens (tertiary/aromatic N) is 3. The molecule has 27 heavy (non-hydrogen) atoms. The van der Waals surface area contributed by atoms with Gasteiger partial charge in [-0.1, -0.05) is 32.8 Å². The third kappa shape index (κ3) is 6.49. The van der Waals surface area contributed by atoms with E-state index in [1.165, 1.54) is 44.2 Å². The van der Waals surface area contributed by atoms with Gasteiger partial charge in [0.2, 0.25) is 0 Å². The second kappa shape index (κ2) is 10.1. The van der Waals surface area contributed by atoms with Crippen molar-refractivity contribution in [3.8, 4) is 0 Å². The number of ether oxygens (including phenoxy) is 1. The Balaban J connectivity index is 2.14. The molecule has 0 spiro atoms. The van der Waals surface area contributed by atoms with Crippen molar-refractivity contribution in [3.05, 3.63) is 23.9 Å². The average Bonchev–Trinajstić information content (AvgIpc) is 2.63. The smallest absolute Gasteiger partial charge is 0.416 e. The number of amides is 1. The zero-order valence-corrected chi connectivity index (χ0v) is 17.8. The molecule has 0 unspecified atom stereocenters. The van der Waals surface area contributed by atoms with Crippen molar-refractivity contribution in [2.45, 2.75) is 84.8 Å². The first kappa shape index (κ1) is 21.7. The summed E-state index contributed by atoms with van der Waals surface area (Å²) in [4.78, 5) is 21.4. The normalized spacial score (nSPS) is 18.3. The zero-order valence-electron chi connectivity index (χ0n) is 17.8. The largest absolute Gasteiger partial charge is 0.443 e. The van der Waals surface area contributed by atoms with Gasteiger partial charge in [-0.2, -0.15) is 0 Å². The summed E-state index contributed by atoms with van der Waals surface area (Å²) in [5, 5.41) is 0. The molecule has 1 atom stereocenters. The van der Waals surface area contributed by atoms with E-state index in [1.807, 2.05) is 33.0 Å². The van der Waals surface area contributed by atoms with Crippen LogP contribution in [0, 0.1) is 0 Å². The summed E-state index contributed by atoms with van der Waals surface area (Å²) in [7, 11) is 0. The molecular weight excluding hydrogens is 338 g/mol. The van der Waals surface area contributed by atoms with Gasteiger partial charge in [0, 0.05) is 18.8 Å². The van der Waals surface area contributed by atoms with Crippen LogP contribution >= 0.6 is 0 Å². The van der Waals surface area contributed by atoms with Crippen LogP contribution in [0.3, 0.4) is 0 Å². The molecule has 5 heteroatoms. The summed E-state index contributed by atoms with van der Waals surface area (Å²) in [6.07, 6.45) is 8.70. The molecule has 1 aliphatic heterocycles. The third-order valence-corrected chi connectivity index (χ3v) is 4.91. The lowest BCUT2D eigenvalue weighted by atomic mass is 9.96. The Morgan fingerprint density at radius 3 is 2.63 bits per heavy atom. The average molecular weight is 376 g/mol. The molecule has 0 aromatic carbocycles. The Labute approximate surface area is 165 Å². The van der Waals surface area contributed by atoms with Gasteiger partial charge in [-0.05, 0) is 71.2 Å². The van der Waals surface area contributed by atoms with Gasteiger partial charge in [0.15, 0.2) is 0 Å². The van der Waals surface area contributed by atoms with Crippen LogP contribution in [0.4, 0.5) is 10.6 Å². The lowest BCUT2D eigenvalue weighted by molar-refractivity contribution is 0.0579. The van der Waals surface area contributed by atoms with E-state index in [0.29, 0.717) is 18.4 Å². The fourth-order valence-electron chi connectivity index (χ4n) is 3.59. The molecule has 0 N–H and O–H groups in total. The minimum atomic E-state index is -0.509. The van der Waals surface area contributed by atoms with Crippen molar-refractivity contribution < 1.29 is 9.53 Å². The number of unbranched alkanes of at least 4 members (excludes halogenated alkanes) is 1. The van der Waals surface area contributed by atoms with E-state index in [4.69, 9.17) is 4.74 Å². The van der Waals surface area contributed by atoms with Crippen molar-refractivity contribution >= 4 is 11.9 Å². The Morgan fingerprint density at radius 1 is 1.26 bits per heavy atom. The number of rotatable bonds is 7. The zero-order chi connectivity index (χ0) is 19.9. The molecule has 152 valence electrons. The Kier molecular flexibility index (Phi) is 8.08. The molecule has 5 nitrogen and oxygen atoms in total. The van der Waals surface area contributed by atoms with E-state index < -0.39 is 5.60 Å². The molecule has 1 aromatic heterocycles. The fourth-order valence-corrected chi connectivity index (χ4v) is 3.59. The van der Waals surface area contributed by atoms with Crippen LogP contribution in [0.2, 0.25) is 0 Å². The fraction of sp³-hybridized carbons (Fsp3) is 0.727. The highest BCUT2D eigenvalue weighted by Gasteiger charge is 2.26. The molecule has 0 bridgehead atoms. The molecule has 0 aliphatic carbocycles. The summed E-state index contributed by atoms with van der Waals surface area (Å²) in [6, 6.07) is 4.57. The molecule has 1 aliphatic rings. The van der Waals surface area contributed by atoms with Crippen molar-refractivity contribution in [3.63, 3.8) is 0 Å². The van der Waals surface area contributed by atoms with Crippen LogP contribution in [0.1, 0.15) is 84.7 Å². The molecule has 2 heterocycles. The number of carbonyl (C=O) groups is 1. The molecule has 0 saturated carbocycles. The van der Waals surface area contributed by atoms with Gasteiger partial charge < -0.3 is 4.74 Å². The lowest BCUT2D eigenvalue weighted by Crippen LogP contribution is -2.38. The maximum Gasteiger partial charge on any atom is 0.416 e. The first-order valence-corrected chi connectivity index (χ1v) is 10.6. The highest BCUT2D eigenvalue weighted by molar-refractivity contribution is 5.86. The van der Waals surface area contributed by atoms with E-state index >= 15 is 0 Å². The molecule has 1 fully saturated rings. The SMILES string of the molecule is CCCCN1CCCC[C@@H]1c1ccc(N(CCC)C(=O)OC(C)(C)C)nc1. The van der Waals surface area contributed by atoms with Crippen LogP contribution in [-0.2, 0) is 4.74 Å². The predicted molar refractivity (Wildman–Crippen MR) is 111 cm³/mol. The number of carbonyl (C=O) groups excluding carboxylic acids is 1. The van der Waals surface area contributed by atoms with Gasteiger partial charge in [0.1, 0.15) is 11.4 Å². The molecular formula is C22H37N3O2. The Morgan fingerprint density at radius 2 is 2.04 bits per heavy atom. The number of likely N-dealkylation sites (tertiary alicyclic amines) is 1. The van der Waals surface area contributed by atoms with Gasteiger partial charge in [-0.25, -0.2) is 9.78 Å². The second-order valence-corrected chi connectivity index (χ2v) is 8.48. The summed E-state index contributed by atoms with van der Waals surface area (Å²) < 4.78 is 5.55. The molecule has 2 rings (SSSR count). The van der Waals surface area contributed by atoms with Gasteiger partial charge in [0.05, 0.1) is 0 Å². The summed E-state index contributed by atoms with van der Waals surface area (Å²) in [6.45, 7) is 12.9. The Hall–Kier alpha value is -1.62. The van der Waals surface area contributed by atoms with Crippen LogP contribution < -0.4 is 4.90 Å². The van der Waals surface area contributed by atoms with Crippen molar-refractivity contribution in [2.24, 2.45) is 0 Å². The second-order valence-electron chi connectivity index (χ2n) is 8.48. The number of piperidine rings is 1. The summed E-state index contributed by atoms with van der Waals surface area (Å²) in [5.74, 6) is 0.672.